The minimum atomic E-state index is 0.679. The second-order valence-corrected chi connectivity index (χ2v) is 4.45. The average molecular weight is 240 g/mol. The predicted octanol–water partition coefficient (Wildman–Crippen LogP) is 2.91. The van der Waals surface area contributed by atoms with Crippen LogP contribution >= 0.6 is 15.9 Å². The van der Waals surface area contributed by atoms with E-state index in [4.69, 9.17) is 0 Å². The molecule has 2 unspecified atom stereocenters. The highest BCUT2D eigenvalue weighted by Gasteiger charge is 2.31. The number of rotatable bonds is 2. The van der Waals surface area contributed by atoms with Gasteiger partial charge >= 0.3 is 0 Å². The van der Waals surface area contributed by atoms with Gasteiger partial charge in [-0.25, -0.2) is 0 Å². The van der Waals surface area contributed by atoms with E-state index in [9.17, 15) is 0 Å². The van der Waals surface area contributed by atoms with Crippen LogP contribution in [0.15, 0.2) is 28.7 Å². The molecule has 70 valence electrons. The molecule has 0 radical (unpaired) electrons. The molecule has 2 heteroatoms. The van der Waals surface area contributed by atoms with Gasteiger partial charge in [0.15, 0.2) is 0 Å². The maximum absolute atomic E-state index is 3.60. The quantitative estimate of drug-likeness (QED) is 0.838. The fourth-order valence-corrected chi connectivity index (χ4v) is 2.57. The van der Waals surface area contributed by atoms with Crippen molar-refractivity contribution in [2.45, 2.75) is 24.8 Å². The molecule has 1 aromatic rings. The Bertz CT molecular complexity index is 296. The third-order valence-electron chi connectivity index (χ3n) is 2.95. The van der Waals surface area contributed by atoms with Crippen LogP contribution in [0.4, 0.5) is 0 Å². The summed E-state index contributed by atoms with van der Waals surface area (Å²) >= 11 is 3.60. The van der Waals surface area contributed by atoms with Gasteiger partial charge in [-0.2, -0.15) is 0 Å². The largest absolute Gasteiger partial charge is 0.316 e. The van der Waals surface area contributed by atoms with Gasteiger partial charge in [-0.15, -0.1) is 0 Å². The molecule has 1 aromatic carbocycles. The topological polar surface area (TPSA) is 12.0 Å². The number of halogens is 1. The van der Waals surface area contributed by atoms with Crippen molar-refractivity contribution in [1.82, 2.24) is 5.32 Å². The summed E-state index contributed by atoms with van der Waals surface area (Å²) in [5, 5.41) is 3.36. The molecular formula is C11H14BrN. The molecule has 0 spiro atoms. The Labute approximate surface area is 87.7 Å². The van der Waals surface area contributed by atoms with Crippen molar-refractivity contribution in [3.05, 3.63) is 34.3 Å². The fourth-order valence-electron chi connectivity index (χ4n) is 1.99. The molecule has 1 saturated carbocycles. The van der Waals surface area contributed by atoms with Gasteiger partial charge in [0.05, 0.1) is 0 Å². The predicted molar refractivity (Wildman–Crippen MR) is 59.0 cm³/mol. The Morgan fingerprint density at radius 1 is 1.31 bits per heavy atom. The molecule has 1 aliphatic carbocycles. The van der Waals surface area contributed by atoms with E-state index in [0.717, 1.165) is 0 Å². The summed E-state index contributed by atoms with van der Waals surface area (Å²) in [6.07, 6.45) is 2.62. The van der Waals surface area contributed by atoms with Crippen molar-refractivity contribution in [2.24, 2.45) is 0 Å². The van der Waals surface area contributed by atoms with E-state index < -0.39 is 0 Å². The molecule has 0 bridgehead atoms. The van der Waals surface area contributed by atoms with Crippen LogP contribution in [0.1, 0.15) is 24.3 Å². The lowest BCUT2D eigenvalue weighted by Gasteiger charge is -2.37. The van der Waals surface area contributed by atoms with Crippen LogP contribution in [-0.2, 0) is 0 Å². The maximum Gasteiger partial charge on any atom is 0.0210 e. The zero-order valence-electron chi connectivity index (χ0n) is 7.76. The third kappa shape index (κ3) is 1.65. The SMILES string of the molecule is CNC1CCC1c1ccccc1Br. The average Bonchev–Trinajstić information content (AvgIpc) is 2.08. The Balaban J connectivity index is 2.21. The van der Waals surface area contributed by atoms with Gasteiger partial charge in [0.2, 0.25) is 0 Å². The summed E-state index contributed by atoms with van der Waals surface area (Å²) in [6.45, 7) is 0. The number of benzene rings is 1. The number of hydrogen-bond donors (Lipinski definition) is 1. The van der Waals surface area contributed by atoms with Gasteiger partial charge < -0.3 is 5.32 Å². The highest BCUT2D eigenvalue weighted by molar-refractivity contribution is 9.10. The van der Waals surface area contributed by atoms with Crippen molar-refractivity contribution in [3.63, 3.8) is 0 Å². The van der Waals surface area contributed by atoms with Gasteiger partial charge in [0, 0.05) is 16.4 Å². The highest BCUT2D eigenvalue weighted by Crippen LogP contribution is 2.39. The van der Waals surface area contributed by atoms with Gasteiger partial charge in [0.1, 0.15) is 0 Å². The van der Waals surface area contributed by atoms with Gasteiger partial charge in [-0.3, -0.25) is 0 Å². The zero-order valence-corrected chi connectivity index (χ0v) is 9.34. The van der Waals surface area contributed by atoms with Crippen LogP contribution in [-0.4, -0.2) is 13.1 Å². The second kappa shape index (κ2) is 3.81. The van der Waals surface area contributed by atoms with E-state index in [1.54, 1.807) is 0 Å². The first-order valence-electron chi connectivity index (χ1n) is 4.74. The number of nitrogens with one attached hydrogen (secondary N) is 1. The maximum atomic E-state index is 3.60. The third-order valence-corrected chi connectivity index (χ3v) is 3.67. The molecule has 0 saturated heterocycles. The van der Waals surface area contributed by atoms with Crippen LogP contribution in [0.25, 0.3) is 0 Å². The first-order valence-corrected chi connectivity index (χ1v) is 5.54. The summed E-state index contributed by atoms with van der Waals surface area (Å²) in [4.78, 5) is 0. The van der Waals surface area contributed by atoms with Crippen LogP contribution < -0.4 is 5.32 Å². The molecule has 0 amide bonds. The molecule has 1 nitrogen and oxygen atoms in total. The van der Waals surface area contributed by atoms with E-state index in [2.05, 4.69) is 45.5 Å². The van der Waals surface area contributed by atoms with E-state index >= 15 is 0 Å². The molecule has 0 heterocycles. The molecule has 2 atom stereocenters. The van der Waals surface area contributed by atoms with Crippen molar-refractivity contribution in [2.75, 3.05) is 7.05 Å². The molecule has 1 aliphatic rings. The zero-order chi connectivity index (χ0) is 9.26. The summed E-state index contributed by atoms with van der Waals surface area (Å²) < 4.78 is 1.25. The summed E-state index contributed by atoms with van der Waals surface area (Å²) in [6, 6.07) is 9.21. The first kappa shape index (κ1) is 9.22. The van der Waals surface area contributed by atoms with Gasteiger partial charge in [0.25, 0.3) is 0 Å². The number of hydrogen-bond acceptors (Lipinski definition) is 1. The van der Waals surface area contributed by atoms with Gasteiger partial charge in [-0.05, 0) is 31.5 Å². The fraction of sp³-hybridized carbons (Fsp3) is 0.455. The summed E-state index contributed by atoms with van der Waals surface area (Å²) in [5.41, 5.74) is 1.45. The normalized spacial score (nSPS) is 26.9. The minimum absolute atomic E-state index is 0.679. The van der Waals surface area contributed by atoms with E-state index in [1.807, 2.05) is 7.05 Å². The molecule has 1 fully saturated rings. The van der Waals surface area contributed by atoms with Crippen LogP contribution in [0.3, 0.4) is 0 Å². The lowest BCUT2D eigenvalue weighted by atomic mass is 9.75. The summed E-state index contributed by atoms with van der Waals surface area (Å²) in [5.74, 6) is 0.709. The summed E-state index contributed by atoms with van der Waals surface area (Å²) in [7, 11) is 2.05. The molecule has 13 heavy (non-hydrogen) atoms. The second-order valence-electron chi connectivity index (χ2n) is 3.60. The molecular weight excluding hydrogens is 226 g/mol. The Hall–Kier alpha value is -0.340. The van der Waals surface area contributed by atoms with Crippen LogP contribution in [0.2, 0.25) is 0 Å². The first-order chi connectivity index (χ1) is 6.33. The Morgan fingerprint density at radius 3 is 2.62 bits per heavy atom. The monoisotopic (exact) mass is 239 g/mol. The van der Waals surface area contributed by atoms with Crippen molar-refractivity contribution < 1.29 is 0 Å². The van der Waals surface area contributed by atoms with E-state index in [-0.39, 0.29) is 0 Å². The van der Waals surface area contributed by atoms with Gasteiger partial charge in [-0.1, -0.05) is 34.1 Å². The van der Waals surface area contributed by atoms with Crippen molar-refractivity contribution in [1.29, 1.82) is 0 Å². The molecule has 1 N–H and O–H groups in total. The standard InChI is InChI=1S/C11H14BrN/c1-13-11-7-6-9(11)8-4-2-3-5-10(8)12/h2-5,9,11,13H,6-7H2,1H3. The molecule has 0 aromatic heterocycles. The lowest BCUT2D eigenvalue weighted by molar-refractivity contribution is 0.300. The minimum Gasteiger partial charge on any atom is -0.316 e. The molecule has 0 aliphatic heterocycles. The van der Waals surface area contributed by atoms with E-state index in [0.29, 0.717) is 12.0 Å². The highest BCUT2D eigenvalue weighted by atomic mass is 79.9. The Kier molecular flexibility index (Phi) is 2.70. The molecule has 2 rings (SSSR count). The smallest absolute Gasteiger partial charge is 0.0210 e. The van der Waals surface area contributed by atoms with Crippen molar-refractivity contribution in [3.8, 4) is 0 Å². The van der Waals surface area contributed by atoms with Crippen LogP contribution in [0.5, 0.6) is 0 Å². The lowest BCUT2D eigenvalue weighted by Crippen LogP contribution is -2.40. The van der Waals surface area contributed by atoms with Crippen LogP contribution in [0, 0.1) is 0 Å². The van der Waals surface area contributed by atoms with Crippen molar-refractivity contribution >= 4 is 15.9 Å². The van der Waals surface area contributed by atoms with E-state index in [1.165, 1.54) is 22.9 Å². The Morgan fingerprint density at radius 2 is 2.08 bits per heavy atom. The number of likely N-dealkylation sites (N-methyl/N-ethyl adjacent to an activating group) is 1.